The summed E-state index contributed by atoms with van der Waals surface area (Å²) in [5, 5.41) is 13.1. The van der Waals surface area contributed by atoms with E-state index in [1.807, 2.05) is 6.92 Å². The Morgan fingerprint density at radius 1 is 1.55 bits per heavy atom. The van der Waals surface area contributed by atoms with E-state index in [1.165, 1.54) is 4.68 Å². The Labute approximate surface area is 123 Å². The zero-order valence-electron chi connectivity index (χ0n) is 11.6. The maximum absolute atomic E-state index is 12.0. The van der Waals surface area contributed by atoms with Crippen LogP contribution < -0.4 is 16.2 Å². The van der Waals surface area contributed by atoms with Gasteiger partial charge in [0.05, 0.1) is 25.0 Å². The van der Waals surface area contributed by atoms with Gasteiger partial charge in [-0.2, -0.15) is 5.10 Å². The van der Waals surface area contributed by atoms with Crippen molar-refractivity contribution < 1.29 is 5.11 Å². The number of halogens is 1. The van der Waals surface area contributed by atoms with Gasteiger partial charge in [0.1, 0.15) is 5.02 Å². The average Bonchev–Trinajstić information content (AvgIpc) is 2.44. The van der Waals surface area contributed by atoms with E-state index in [-0.39, 0.29) is 29.8 Å². The van der Waals surface area contributed by atoms with Crippen molar-refractivity contribution in [2.45, 2.75) is 32.4 Å². The molecule has 6 nitrogen and oxygen atoms in total. The fourth-order valence-corrected chi connectivity index (χ4v) is 2.86. The molecule has 1 unspecified atom stereocenters. The van der Waals surface area contributed by atoms with Crippen LogP contribution in [0.5, 0.6) is 0 Å². The lowest BCUT2D eigenvalue weighted by molar-refractivity contribution is 0.266. The largest absolute Gasteiger partial charge is 0.394 e. The molecule has 1 fully saturated rings. The summed E-state index contributed by atoms with van der Waals surface area (Å²) >= 11 is 6.15. The Morgan fingerprint density at radius 2 is 2.20 bits per heavy atom. The first-order chi connectivity index (χ1) is 9.54. The number of aliphatic hydroxyl groups is 1. The Morgan fingerprint density at radius 3 is 2.75 bits per heavy atom. The topological polar surface area (TPSA) is 84.4 Å². The van der Waals surface area contributed by atoms with Crippen LogP contribution in [0, 0.1) is 5.92 Å². The monoisotopic (exact) mass is 300 g/mol. The van der Waals surface area contributed by atoms with Crippen molar-refractivity contribution in [2.75, 3.05) is 24.6 Å². The maximum atomic E-state index is 12.0. The summed E-state index contributed by atoms with van der Waals surface area (Å²) in [6.45, 7) is 3.72. The van der Waals surface area contributed by atoms with Gasteiger partial charge < -0.3 is 15.7 Å². The van der Waals surface area contributed by atoms with Gasteiger partial charge in [0, 0.05) is 19.1 Å². The highest BCUT2D eigenvalue weighted by Crippen LogP contribution is 2.27. The van der Waals surface area contributed by atoms with Crippen LogP contribution in [0.1, 0.15) is 19.8 Å². The highest BCUT2D eigenvalue weighted by Gasteiger charge is 2.24. The third-order valence-corrected chi connectivity index (χ3v) is 4.26. The summed E-state index contributed by atoms with van der Waals surface area (Å²) in [6, 6.07) is 0.198. The molecule has 1 aliphatic heterocycles. The summed E-state index contributed by atoms with van der Waals surface area (Å²) in [5.41, 5.74) is 6.25. The zero-order chi connectivity index (χ0) is 14.7. The Bertz CT molecular complexity index is 510. The van der Waals surface area contributed by atoms with Crippen molar-refractivity contribution in [1.29, 1.82) is 0 Å². The molecule has 7 heteroatoms. The number of aromatic nitrogens is 2. The number of hydrogen-bond donors (Lipinski definition) is 2. The van der Waals surface area contributed by atoms with Crippen molar-refractivity contribution in [2.24, 2.45) is 11.7 Å². The van der Waals surface area contributed by atoms with Crippen molar-refractivity contribution in [3.63, 3.8) is 0 Å². The fraction of sp³-hybridized carbons (Fsp3) is 0.692. The van der Waals surface area contributed by atoms with Crippen LogP contribution in [0.3, 0.4) is 0 Å². The third-order valence-electron chi connectivity index (χ3n) is 3.90. The number of piperidine rings is 1. The van der Waals surface area contributed by atoms with Gasteiger partial charge in [-0.1, -0.05) is 11.6 Å². The van der Waals surface area contributed by atoms with Gasteiger partial charge in [0.2, 0.25) is 0 Å². The normalized spacial score (nSPS) is 18.3. The Balaban J connectivity index is 2.15. The number of rotatable bonds is 4. The van der Waals surface area contributed by atoms with Crippen LogP contribution in [0.15, 0.2) is 11.0 Å². The second-order valence-corrected chi connectivity index (χ2v) is 5.66. The van der Waals surface area contributed by atoms with Gasteiger partial charge in [0.15, 0.2) is 0 Å². The number of nitrogens with zero attached hydrogens (tertiary/aromatic N) is 3. The molecule has 1 saturated heterocycles. The maximum Gasteiger partial charge on any atom is 0.287 e. The first-order valence-electron chi connectivity index (χ1n) is 6.91. The number of nitrogens with two attached hydrogens (primary N) is 1. The van der Waals surface area contributed by atoms with Crippen LogP contribution >= 0.6 is 11.6 Å². The molecule has 2 heterocycles. The molecule has 0 spiro atoms. The summed E-state index contributed by atoms with van der Waals surface area (Å²) in [5.74, 6) is 0.521. The lowest BCUT2D eigenvalue weighted by atomic mass is 9.91. The standard InChI is InChI=1S/C13H21ClN4O2/c1-9(15)10-2-4-17(5-3-10)11-8-16-18(6-7-19)13(20)12(11)14/h8-10,19H,2-7,15H2,1H3. The molecule has 0 bridgehead atoms. The highest BCUT2D eigenvalue weighted by molar-refractivity contribution is 6.33. The lowest BCUT2D eigenvalue weighted by Gasteiger charge is -2.35. The molecule has 0 amide bonds. The molecule has 0 aliphatic carbocycles. The van der Waals surface area contributed by atoms with E-state index >= 15 is 0 Å². The van der Waals surface area contributed by atoms with E-state index in [2.05, 4.69) is 10.00 Å². The Hall–Kier alpha value is -1.11. The second-order valence-electron chi connectivity index (χ2n) is 5.28. The predicted octanol–water partition coefficient (Wildman–Crippen LogP) is 0.453. The lowest BCUT2D eigenvalue weighted by Crippen LogP contribution is -2.40. The SMILES string of the molecule is CC(N)C1CCN(c2cnn(CCO)c(=O)c2Cl)CC1. The Kier molecular flexibility index (Phi) is 5.01. The predicted molar refractivity (Wildman–Crippen MR) is 79.2 cm³/mol. The van der Waals surface area contributed by atoms with Crippen molar-refractivity contribution in [3.8, 4) is 0 Å². The first-order valence-corrected chi connectivity index (χ1v) is 7.29. The van der Waals surface area contributed by atoms with E-state index in [0.29, 0.717) is 11.6 Å². The molecular formula is C13H21ClN4O2. The quantitative estimate of drug-likeness (QED) is 0.843. The van der Waals surface area contributed by atoms with Gasteiger partial charge >= 0.3 is 0 Å². The van der Waals surface area contributed by atoms with Gasteiger partial charge in [0.25, 0.3) is 5.56 Å². The number of aliphatic hydroxyl groups excluding tert-OH is 1. The van der Waals surface area contributed by atoms with Crippen LogP contribution in [0.25, 0.3) is 0 Å². The minimum atomic E-state index is -0.354. The molecule has 1 atom stereocenters. The summed E-state index contributed by atoms with van der Waals surface area (Å²) in [4.78, 5) is 14.1. The van der Waals surface area contributed by atoms with Crippen molar-refractivity contribution in [1.82, 2.24) is 9.78 Å². The molecule has 20 heavy (non-hydrogen) atoms. The molecule has 0 aromatic carbocycles. The van der Waals surface area contributed by atoms with Crippen molar-refractivity contribution in [3.05, 3.63) is 21.6 Å². The fourth-order valence-electron chi connectivity index (χ4n) is 2.60. The summed E-state index contributed by atoms with van der Waals surface area (Å²) in [7, 11) is 0. The van der Waals surface area contributed by atoms with E-state index in [9.17, 15) is 4.79 Å². The van der Waals surface area contributed by atoms with E-state index in [1.54, 1.807) is 6.20 Å². The third kappa shape index (κ3) is 3.13. The molecular weight excluding hydrogens is 280 g/mol. The molecule has 112 valence electrons. The van der Waals surface area contributed by atoms with Crippen molar-refractivity contribution >= 4 is 17.3 Å². The summed E-state index contributed by atoms with van der Waals surface area (Å²) < 4.78 is 1.18. The van der Waals surface area contributed by atoms with Crippen LogP contribution in [0.4, 0.5) is 5.69 Å². The molecule has 0 saturated carbocycles. The highest BCUT2D eigenvalue weighted by atomic mass is 35.5. The number of hydrogen-bond acceptors (Lipinski definition) is 5. The van der Waals surface area contributed by atoms with Gasteiger partial charge in [-0.05, 0) is 25.7 Å². The minimum Gasteiger partial charge on any atom is -0.394 e. The zero-order valence-corrected chi connectivity index (χ0v) is 12.4. The second kappa shape index (κ2) is 6.56. The molecule has 1 aromatic heterocycles. The number of anilines is 1. The molecule has 1 aromatic rings. The van der Waals surface area contributed by atoms with Crippen LogP contribution in [-0.4, -0.2) is 40.6 Å². The molecule has 3 N–H and O–H groups in total. The van der Waals surface area contributed by atoms with E-state index in [4.69, 9.17) is 22.4 Å². The van der Waals surface area contributed by atoms with Crippen LogP contribution in [-0.2, 0) is 6.54 Å². The smallest absolute Gasteiger partial charge is 0.287 e. The first kappa shape index (κ1) is 15.3. The van der Waals surface area contributed by atoms with Gasteiger partial charge in [-0.15, -0.1) is 0 Å². The van der Waals surface area contributed by atoms with Gasteiger partial charge in [-0.25, -0.2) is 4.68 Å². The van der Waals surface area contributed by atoms with Crippen LogP contribution in [0.2, 0.25) is 5.02 Å². The molecule has 0 radical (unpaired) electrons. The molecule has 1 aliphatic rings. The molecule has 2 rings (SSSR count). The minimum absolute atomic E-state index is 0.137. The van der Waals surface area contributed by atoms with Gasteiger partial charge in [-0.3, -0.25) is 4.79 Å². The van der Waals surface area contributed by atoms with E-state index < -0.39 is 0 Å². The van der Waals surface area contributed by atoms with E-state index in [0.717, 1.165) is 25.9 Å². The summed E-state index contributed by atoms with van der Waals surface area (Å²) in [6.07, 6.45) is 3.59. The average molecular weight is 301 g/mol.